The first-order chi connectivity index (χ1) is 6.74. The van der Waals surface area contributed by atoms with E-state index < -0.39 is 0 Å². The summed E-state index contributed by atoms with van der Waals surface area (Å²) in [5.74, 6) is 0.368. The third kappa shape index (κ3) is 2.40. The Labute approximate surface area is 86.5 Å². The maximum atomic E-state index is 11.1. The van der Waals surface area contributed by atoms with Crippen molar-refractivity contribution in [1.29, 1.82) is 0 Å². The molecule has 0 spiro atoms. The smallest absolute Gasteiger partial charge is 0.148 e. The van der Waals surface area contributed by atoms with Crippen LogP contribution in [0.1, 0.15) is 12.0 Å². The number of carbonyl (C=O) groups excluding carboxylic acids is 1. The molecule has 0 aliphatic carbocycles. The van der Waals surface area contributed by atoms with Crippen LogP contribution in [0.3, 0.4) is 0 Å². The first kappa shape index (κ1) is 9.82. The van der Waals surface area contributed by atoms with E-state index in [2.05, 4.69) is 38.4 Å². The van der Waals surface area contributed by atoms with Crippen LogP contribution >= 0.6 is 9.24 Å². The number of nitrogens with zero attached hydrogens (tertiary/aromatic N) is 1. The van der Waals surface area contributed by atoms with Gasteiger partial charge in [-0.25, -0.2) is 0 Å². The Morgan fingerprint density at radius 3 is 2.93 bits per heavy atom. The van der Waals surface area contributed by atoms with Gasteiger partial charge in [-0.05, 0) is 10.9 Å². The number of hydrogen-bond donors (Lipinski definition) is 0. The highest BCUT2D eigenvalue weighted by Gasteiger charge is 2.18. The van der Waals surface area contributed by atoms with Gasteiger partial charge in [0.2, 0.25) is 0 Å². The molecule has 1 aliphatic heterocycles. The predicted molar refractivity (Wildman–Crippen MR) is 60.7 cm³/mol. The van der Waals surface area contributed by atoms with Crippen LogP contribution in [0, 0.1) is 0 Å². The van der Waals surface area contributed by atoms with Gasteiger partial charge in [0.05, 0.1) is 6.54 Å². The lowest BCUT2D eigenvalue weighted by Gasteiger charge is -2.13. The van der Waals surface area contributed by atoms with E-state index in [1.54, 1.807) is 0 Å². The largest absolute Gasteiger partial charge is 0.298 e. The van der Waals surface area contributed by atoms with Gasteiger partial charge in [0.1, 0.15) is 5.78 Å². The van der Waals surface area contributed by atoms with Crippen LogP contribution in [0.15, 0.2) is 24.3 Å². The van der Waals surface area contributed by atoms with Gasteiger partial charge in [0, 0.05) is 19.5 Å². The summed E-state index contributed by atoms with van der Waals surface area (Å²) in [5, 5.41) is 1.20. The molecule has 1 aliphatic rings. The Kier molecular flexibility index (Phi) is 2.95. The Hall–Kier alpha value is -0.720. The van der Waals surface area contributed by atoms with E-state index in [0.29, 0.717) is 12.3 Å². The standard InChI is InChI=1S/C11H14NOP/c13-10-4-5-12(8-10)7-9-2-1-3-11(14)6-9/h1-3,6H,4-5,7-8,14H2. The first-order valence-corrected chi connectivity index (χ1v) is 5.40. The molecule has 1 heterocycles. The van der Waals surface area contributed by atoms with E-state index >= 15 is 0 Å². The third-order valence-corrected chi connectivity index (χ3v) is 2.82. The quantitative estimate of drug-likeness (QED) is 0.673. The van der Waals surface area contributed by atoms with Crippen LogP contribution in [-0.4, -0.2) is 23.8 Å². The lowest BCUT2D eigenvalue weighted by Crippen LogP contribution is -2.20. The molecule has 1 atom stereocenters. The van der Waals surface area contributed by atoms with Gasteiger partial charge in [-0.2, -0.15) is 0 Å². The molecule has 0 saturated carbocycles. The molecule has 2 nitrogen and oxygen atoms in total. The summed E-state index contributed by atoms with van der Waals surface area (Å²) in [6, 6.07) is 8.36. The molecule has 1 unspecified atom stereocenters. The molecular formula is C11H14NOP. The number of hydrogen-bond acceptors (Lipinski definition) is 2. The topological polar surface area (TPSA) is 20.3 Å². The highest BCUT2D eigenvalue weighted by molar-refractivity contribution is 7.27. The minimum absolute atomic E-state index is 0.368. The van der Waals surface area contributed by atoms with Crippen LogP contribution in [0.2, 0.25) is 0 Å². The van der Waals surface area contributed by atoms with Crippen molar-refractivity contribution in [2.24, 2.45) is 0 Å². The average molecular weight is 207 g/mol. The van der Waals surface area contributed by atoms with Gasteiger partial charge in [-0.3, -0.25) is 9.69 Å². The molecule has 1 aromatic carbocycles. The highest BCUT2D eigenvalue weighted by atomic mass is 31.0. The normalized spacial score (nSPS) is 17.6. The predicted octanol–water partition coefficient (Wildman–Crippen LogP) is 0.962. The number of carbonyl (C=O) groups is 1. The fourth-order valence-corrected chi connectivity index (χ4v) is 2.10. The summed E-state index contributed by atoms with van der Waals surface area (Å²) in [6.07, 6.45) is 0.723. The van der Waals surface area contributed by atoms with Gasteiger partial charge in [0.25, 0.3) is 0 Å². The summed E-state index contributed by atoms with van der Waals surface area (Å²) < 4.78 is 0. The summed E-state index contributed by atoms with van der Waals surface area (Å²) in [7, 11) is 2.69. The van der Waals surface area contributed by atoms with E-state index in [0.717, 1.165) is 19.5 Å². The molecule has 3 heteroatoms. The summed E-state index contributed by atoms with van der Waals surface area (Å²) in [6.45, 7) is 2.44. The molecule has 0 N–H and O–H groups in total. The average Bonchev–Trinajstić information content (AvgIpc) is 2.51. The van der Waals surface area contributed by atoms with Gasteiger partial charge < -0.3 is 0 Å². The summed E-state index contributed by atoms with van der Waals surface area (Å²) >= 11 is 0. The van der Waals surface area contributed by atoms with Crippen LogP contribution < -0.4 is 5.30 Å². The number of rotatable bonds is 2. The van der Waals surface area contributed by atoms with E-state index in [9.17, 15) is 4.79 Å². The molecular weight excluding hydrogens is 193 g/mol. The fraction of sp³-hybridized carbons (Fsp3) is 0.364. The second-order valence-corrected chi connectivity index (χ2v) is 4.41. The van der Waals surface area contributed by atoms with E-state index in [1.807, 2.05) is 0 Å². The van der Waals surface area contributed by atoms with Crippen molar-refractivity contribution in [3.63, 3.8) is 0 Å². The second kappa shape index (κ2) is 4.20. The zero-order chi connectivity index (χ0) is 9.97. The van der Waals surface area contributed by atoms with Crippen LogP contribution in [-0.2, 0) is 11.3 Å². The van der Waals surface area contributed by atoms with Crippen LogP contribution in [0.5, 0.6) is 0 Å². The SMILES string of the molecule is O=C1CCN(Cc2cccc(P)c2)C1. The number of likely N-dealkylation sites (tertiary alicyclic amines) is 1. The number of benzene rings is 1. The molecule has 1 saturated heterocycles. The van der Waals surface area contributed by atoms with Crippen molar-refractivity contribution in [2.75, 3.05) is 13.1 Å². The third-order valence-electron chi connectivity index (χ3n) is 2.46. The zero-order valence-electron chi connectivity index (χ0n) is 8.07. The van der Waals surface area contributed by atoms with Gasteiger partial charge >= 0.3 is 0 Å². The van der Waals surface area contributed by atoms with Gasteiger partial charge in [0.15, 0.2) is 0 Å². The molecule has 0 bridgehead atoms. The molecule has 0 radical (unpaired) electrons. The number of ketones is 1. The molecule has 14 heavy (non-hydrogen) atoms. The van der Waals surface area contributed by atoms with Crippen molar-refractivity contribution >= 4 is 20.3 Å². The monoisotopic (exact) mass is 207 g/mol. The van der Waals surface area contributed by atoms with E-state index in [-0.39, 0.29) is 0 Å². The van der Waals surface area contributed by atoms with Gasteiger partial charge in [-0.1, -0.05) is 24.3 Å². The zero-order valence-corrected chi connectivity index (χ0v) is 9.23. The summed E-state index contributed by atoms with van der Waals surface area (Å²) in [4.78, 5) is 13.3. The lowest BCUT2D eigenvalue weighted by atomic mass is 10.2. The molecule has 1 aromatic rings. The van der Waals surface area contributed by atoms with Crippen molar-refractivity contribution in [1.82, 2.24) is 4.90 Å². The first-order valence-electron chi connectivity index (χ1n) is 4.82. The summed E-state index contributed by atoms with van der Waals surface area (Å²) in [5.41, 5.74) is 1.28. The van der Waals surface area contributed by atoms with Gasteiger partial charge in [-0.15, -0.1) is 9.24 Å². The molecule has 2 rings (SSSR count). The maximum absolute atomic E-state index is 11.1. The van der Waals surface area contributed by atoms with Crippen molar-refractivity contribution < 1.29 is 4.79 Å². The Morgan fingerprint density at radius 1 is 1.43 bits per heavy atom. The molecule has 74 valence electrons. The van der Waals surface area contributed by atoms with Crippen molar-refractivity contribution in [2.45, 2.75) is 13.0 Å². The molecule has 1 fully saturated rings. The fourth-order valence-electron chi connectivity index (χ4n) is 1.77. The van der Waals surface area contributed by atoms with E-state index in [1.165, 1.54) is 10.9 Å². The Balaban J connectivity index is 2.00. The minimum Gasteiger partial charge on any atom is -0.298 e. The maximum Gasteiger partial charge on any atom is 0.148 e. The highest BCUT2D eigenvalue weighted by Crippen LogP contribution is 2.10. The number of Topliss-reactive ketones (excluding diaryl/α,β-unsaturated/α-hetero) is 1. The van der Waals surface area contributed by atoms with Crippen molar-refractivity contribution in [3.8, 4) is 0 Å². The minimum atomic E-state index is 0.368. The second-order valence-electron chi connectivity index (χ2n) is 3.74. The van der Waals surface area contributed by atoms with Crippen molar-refractivity contribution in [3.05, 3.63) is 29.8 Å². The molecule has 0 aromatic heterocycles. The van der Waals surface area contributed by atoms with Crippen LogP contribution in [0.25, 0.3) is 0 Å². The Bertz CT molecular complexity index is 351. The van der Waals surface area contributed by atoms with Crippen LogP contribution in [0.4, 0.5) is 0 Å². The molecule has 0 amide bonds. The lowest BCUT2D eigenvalue weighted by molar-refractivity contribution is -0.116. The van der Waals surface area contributed by atoms with E-state index in [4.69, 9.17) is 0 Å². The Morgan fingerprint density at radius 2 is 2.29 bits per heavy atom.